The molecule has 0 bridgehead atoms. The zero-order chi connectivity index (χ0) is 15.0. The summed E-state index contributed by atoms with van der Waals surface area (Å²) in [7, 11) is 0. The lowest BCUT2D eigenvalue weighted by Gasteiger charge is -2.17. The van der Waals surface area contributed by atoms with Crippen molar-refractivity contribution in [1.29, 1.82) is 0 Å². The molecule has 0 spiro atoms. The lowest BCUT2D eigenvalue weighted by molar-refractivity contribution is -0.139. The van der Waals surface area contributed by atoms with Gasteiger partial charge >= 0.3 is 12.0 Å². The van der Waals surface area contributed by atoms with Crippen LogP contribution in [-0.4, -0.2) is 29.9 Å². The summed E-state index contributed by atoms with van der Waals surface area (Å²) in [6, 6.07) is 7.56. The topological polar surface area (TPSA) is 87.7 Å². The molecule has 1 unspecified atom stereocenters. The summed E-state index contributed by atoms with van der Waals surface area (Å²) in [6.07, 6.45) is 0.377. The van der Waals surface area contributed by atoms with Crippen molar-refractivity contribution in [2.24, 2.45) is 5.92 Å². The third-order valence-electron chi connectivity index (χ3n) is 2.53. The Morgan fingerprint density at radius 1 is 1.25 bits per heavy atom. The average Bonchev–Trinajstić information content (AvgIpc) is 2.38. The second-order valence-electron chi connectivity index (χ2n) is 4.77. The van der Waals surface area contributed by atoms with Gasteiger partial charge in [0.15, 0.2) is 6.73 Å². The number of carbonyl (C=O) groups excluding carboxylic acids is 1. The molecular weight excluding hydrogens is 260 g/mol. The van der Waals surface area contributed by atoms with E-state index in [4.69, 9.17) is 9.84 Å². The van der Waals surface area contributed by atoms with E-state index in [0.717, 1.165) is 0 Å². The molecule has 20 heavy (non-hydrogen) atoms. The Hall–Kier alpha value is -2.24. The van der Waals surface area contributed by atoms with Crippen molar-refractivity contribution in [3.63, 3.8) is 0 Å². The van der Waals surface area contributed by atoms with Gasteiger partial charge in [0.25, 0.3) is 0 Å². The number of benzene rings is 1. The molecule has 1 rings (SSSR count). The van der Waals surface area contributed by atoms with Gasteiger partial charge in [-0.1, -0.05) is 32.0 Å². The van der Waals surface area contributed by atoms with Gasteiger partial charge in [-0.2, -0.15) is 0 Å². The number of carboxylic acid groups (broad SMARTS) is 1. The van der Waals surface area contributed by atoms with Crippen LogP contribution in [0.15, 0.2) is 30.3 Å². The summed E-state index contributed by atoms with van der Waals surface area (Å²) in [5, 5.41) is 13.9. The van der Waals surface area contributed by atoms with E-state index in [9.17, 15) is 9.59 Å². The summed E-state index contributed by atoms with van der Waals surface area (Å²) in [5.41, 5.74) is 0. The molecule has 0 aliphatic rings. The summed E-state index contributed by atoms with van der Waals surface area (Å²) in [5.74, 6) is -0.237. The van der Waals surface area contributed by atoms with E-state index in [-0.39, 0.29) is 12.6 Å². The number of rotatable bonds is 7. The zero-order valence-corrected chi connectivity index (χ0v) is 11.6. The molecule has 0 saturated carbocycles. The van der Waals surface area contributed by atoms with E-state index in [0.29, 0.717) is 12.2 Å². The minimum atomic E-state index is -1.04. The highest BCUT2D eigenvalue weighted by molar-refractivity contribution is 5.82. The summed E-state index contributed by atoms with van der Waals surface area (Å²) >= 11 is 0. The first-order chi connectivity index (χ1) is 9.49. The van der Waals surface area contributed by atoms with Crippen molar-refractivity contribution in [2.45, 2.75) is 26.3 Å². The third kappa shape index (κ3) is 6.08. The van der Waals surface area contributed by atoms with Crippen LogP contribution >= 0.6 is 0 Å². The smallest absolute Gasteiger partial charge is 0.326 e. The van der Waals surface area contributed by atoms with Crippen molar-refractivity contribution in [3.05, 3.63) is 30.3 Å². The molecule has 0 fully saturated rings. The number of hydrogen-bond acceptors (Lipinski definition) is 3. The van der Waals surface area contributed by atoms with Crippen LogP contribution in [0, 0.1) is 5.92 Å². The van der Waals surface area contributed by atoms with Crippen molar-refractivity contribution >= 4 is 12.0 Å². The van der Waals surface area contributed by atoms with Gasteiger partial charge < -0.3 is 20.5 Å². The van der Waals surface area contributed by atoms with E-state index in [1.165, 1.54) is 0 Å². The Labute approximate surface area is 118 Å². The average molecular weight is 280 g/mol. The molecule has 1 atom stereocenters. The number of aliphatic carboxylic acids is 1. The highest BCUT2D eigenvalue weighted by Gasteiger charge is 2.20. The number of ether oxygens (including phenoxy) is 1. The maximum atomic E-state index is 11.6. The molecule has 0 aliphatic carbocycles. The highest BCUT2D eigenvalue weighted by atomic mass is 16.5. The van der Waals surface area contributed by atoms with Crippen molar-refractivity contribution in [3.8, 4) is 5.75 Å². The van der Waals surface area contributed by atoms with Gasteiger partial charge in [0.2, 0.25) is 0 Å². The first kappa shape index (κ1) is 15.8. The summed E-state index contributed by atoms with van der Waals surface area (Å²) < 4.78 is 5.28. The Bertz CT molecular complexity index is 434. The van der Waals surface area contributed by atoms with Gasteiger partial charge in [0, 0.05) is 0 Å². The van der Waals surface area contributed by atoms with Gasteiger partial charge in [-0.05, 0) is 24.5 Å². The monoisotopic (exact) mass is 280 g/mol. The molecule has 3 N–H and O–H groups in total. The largest absolute Gasteiger partial charge is 0.480 e. The Morgan fingerprint density at radius 3 is 2.45 bits per heavy atom. The van der Waals surface area contributed by atoms with Gasteiger partial charge in [-0.3, -0.25) is 0 Å². The van der Waals surface area contributed by atoms with E-state index in [2.05, 4.69) is 10.6 Å². The molecular formula is C14H20N2O4. The van der Waals surface area contributed by atoms with Crippen LogP contribution in [0.25, 0.3) is 0 Å². The fourth-order valence-corrected chi connectivity index (χ4v) is 1.60. The number of carboxylic acids is 1. The van der Waals surface area contributed by atoms with Gasteiger partial charge in [0.05, 0.1) is 0 Å². The van der Waals surface area contributed by atoms with E-state index in [1.807, 2.05) is 32.0 Å². The molecule has 0 saturated heterocycles. The molecule has 1 aromatic carbocycles. The second-order valence-corrected chi connectivity index (χ2v) is 4.77. The number of amides is 2. The first-order valence-electron chi connectivity index (χ1n) is 6.44. The van der Waals surface area contributed by atoms with Crippen molar-refractivity contribution in [2.75, 3.05) is 6.73 Å². The number of hydrogen-bond donors (Lipinski definition) is 3. The Morgan fingerprint density at radius 2 is 1.90 bits per heavy atom. The van der Waals surface area contributed by atoms with Crippen LogP contribution in [0.3, 0.4) is 0 Å². The maximum Gasteiger partial charge on any atom is 0.326 e. The molecule has 110 valence electrons. The molecule has 1 aromatic rings. The Balaban J connectivity index is 2.33. The third-order valence-corrected chi connectivity index (χ3v) is 2.53. The lowest BCUT2D eigenvalue weighted by Crippen LogP contribution is -2.47. The predicted octanol–water partition coefficient (Wildman–Crippen LogP) is 1.82. The normalized spacial score (nSPS) is 11.8. The zero-order valence-electron chi connectivity index (χ0n) is 11.6. The molecule has 0 aliphatic heterocycles. The first-order valence-corrected chi connectivity index (χ1v) is 6.44. The van der Waals surface area contributed by atoms with E-state index >= 15 is 0 Å². The van der Waals surface area contributed by atoms with Crippen LogP contribution < -0.4 is 15.4 Å². The molecule has 6 nitrogen and oxygen atoms in total. The van der Waals surface area contributed by atoms with Crippen LogP contribution in [0.2, 0.25) is 0 Å². The fraction of sp³-hybridized carbons (Fsp3) is 0.429. The SMILES string of the molecule is CC(C)CC(NC(=O)NCOc1ccccc1)C(=O)O. The standard InChI is InChI=1S/C14H20N2O4/c1-10(2)8-12(13(17)18)16-14(19)15-9-20-11-6-4-3-5-7-11/h3-7,10,12H,8-9H2,1-2H3,(H,17,18)(H2,15,16,19). The Kier molecular flexibility index (Phi) is 6.36. The summed E-state index contributed by atoms with van der Waals surface area (Å²) in [4.78, 5) is 22.6. The molecule has 0 radical (unpaired) electrons. The quantitative estimate of drug-likeness (QED) is 0.665. The minimum Gasteiger partial charge on any atom is -0.480 e. The molecule has 0 aromatic heterocycles. The van der Waals surface area contributed by atoms with Gasteiger partial charge in [-0.25, -0.2) is 9.59 Å². The molecule has 2 amide bonds. The van der Waals surface area contributed by atoms with Crippen LogP contribution in [0.4, 0.5) is 4.79 Å². The highest BCUT2D eigenvalue weighted by Crippen LogP contribution is 2.07. The number of nitrogens with one attached hydrogen (secondary N) is 2. The fourth-order valence-electron chi connectivity index (χ4n) is 1.60. The second kappa shape index (κ2) is 8.04. The molecule has 0 heterocycles. The minimum absolute atomic E-state index is 0.0239. The number of urea groups is 1. The van der Waals surface area contributed by atoms with Crippen LogP contribution in [0.1, 0.15) is 20.3 Å². The van der Waals surface area contributed by atoms with E-state index in [1.54, 1.807) is 12.1 Å². The lowest BCUT2D eigenvalue weighted by atomic mass is 10.0. The van der Waals surface area contributed by atoms with Gasteiger partial charge in [0.1, 0.15) is 11.8 Å². The predicted molar refractivity (Wildman–Crippen MR) is 74.5 cm³/mol. The molecule has 6 heteroatoms. The number of carbonyl (C=O) groups is 2. The summed E-state index contributed by atoms with van der Waals surface area (Å²) in [6.45, 7) is 3.77. The number of para-hydroxylation sites is 1. The van der Waals surface area contributed by atoms with Gasteiger partial charge in [-0.15, -0.1) is 0 Å². The van der Waals surface area contributed by atoms with Crippen LogP contribution in [0.5, 0.6) is 5.75 Å². The van der Waals surface area contributed by atoms with Crippen molar-refractivity contribution in [1.82, 2.24) is 10.6 Å². The van der Waals surface area contributed by atoms with E-state index < -0.39 is 18.0 Å². The van der Waals surface area contributed by atoms with Crippen LogP contribution in [-0.2, 0) is 4.79 Å². The van der Waals surface area contributed by atoms with Crippen molar-refractivity contribution < 1.29 is 19.4 Å². The maximum absolute atomic E-state index is 11.6.